The summed E-state index contributed by atoms with van der Waals surface area (Å²) in [6.45, 7) is 0. The molecule has 7 nitrogen and oxygen atoms in total. The molecule has 1 aromatic heterocycles. The van der Waals surface area contributed by atoms with Crippen molar-refractivity contribution < 1.29 is 32.2 Å². The second-order valence-electron chi connectivity index (χ2n) is 6.53. The van der Waals surface area contributed by atoms with Crippen molar-refractivity contribution in [2.75, 3.05) is 12.4 Å². The van der Waals surface area contributed by atoms with Crippen LogP contribution >= 0.6 is 11.3 Å². The van der Waals surface area contributed by atoms with Gasteiger partial charge in [0.25, 0.3) is 5.91 Å². The van der Waals surface area contributed by atoms with E-state index in [4.69, 9.17) is 0 Å². The van der Waals surface area contributed by atoms with Gasteiger partial charge in [0, 0.05) is 29.7 Å². The van der Waals surface area contributed by atoms with E-state index in [1.807, 2.05) is 0 Å². The van der Waals surface area contributed by atoms with Gasteiger partial charge >= 0.3 is 12.3 Å². The molecule has 0 atom stereocenters. The van der Waals surface area contributed by atoms with Crippen LogP contribution in [0, 0.1) is 0 Å². The van der Waals surface area contributed by atoms with Crippen LogP contribution in [0.5, 0.6) is 5.75 Å². The van der Waals surface area contributed by atoms with Crippen LogP contribution in [0.2, 0.25) is 0 Å². The van der Waals surface area contributed by atoms with Crippen molar-refractivity contribution in [3.63, 3.8) is 0 Å². The fourth-order valence-corrected chi connectivity index (χ4v) is 3.55. The number of nitrogens with zero attached hydrogens (tertiary/aromatic N) is 2. The summed E-state index contributed by atoms with van der Waals surface area (Å²) in [5.74, 6) is -1.14. The van der Waals surface area contributed by atoms with Gasteiger partial charge in [-0.1, -0.05) is 11.3 Å². The van der Waals surface area contributed by atoms with Gasteiger partial charge in [0.1, 0.15) is 15.8 Å². The fraction of sp³-hybridized carbons (Fsp3) is 0.238. The van der Waals surface area contributed by atoms with E-state index < -0.39 is 18.0 Å². The number of methoxy groups -OCH3 is 1. The van der Waals surface area contributed by atoms with Gasteiger partial charge in [-0.05, 0) is 55.0 Å². The molecule has 168 valence electrons. The molecule has 3 rings (SSSR count). The van der Waals surface area contributed by atoms with Crippen molar-refractivity contribution in [3.8, 4) is 16.3 Å². The maximum absolute atomic E-state index is 12.3. The van der Waals surface area contributed by atoms with Gasteiger partial charge in [-0.3, -0.25) is 9.59 Å². The van der Waals surface area contributed by atoms with Gasteiger partial charge in [0.05, 0.1) is 7.11 Å². The molecule has 0 spiro atoms. The first-order chi connectivity index (χ1) is 15.2. The summed E-state index contributed by atoms with van der Waals surface area (Å²) >= 11 is 1.41. The largest absolute Gasteiger partial charge is 0.573 e. The molecule has 0 radical (unpaired) electrons. The molecule has 2 aromatic carbocycles. The van der Waals surface area contributed by atoms with Crippen molar-refractivity contribution >= 4 is 28.9 Å². The molecule has 0 bridgehead atoms. The predicted octanol–water partition coefficient (Wildman–Crippen LogP) is 4.85. The smallest absolute Gasteiger partial charge is 0.469 e. The Labute approximate surface area is 185 Å². The molecule has 1 heterocycles. The normalized spacial score (nSPS) is 11.1. The summed E-state index contributed by atoms with van der Waals surface area (Å²) in [6, 6.07) is 11.6. The van der Waals surface area contributed by atoms with E-state index in [1.165, 1.54) is 30.6 Å². The van der Waals surface area contributed by atoms with E-state index in [2.05, 4.69) is 25.0 Å². The van der Waals surface area contributed by atoms with Gasteiger partial charge in [-0.2, -0.15) is 0 Å². The van der Waals surface area contributed by atoms with Crippen LogP contribution in [0.25, 0.3) is 10.6 Å². The Kier molecular flexibility index (Phi) is 7.41. The summed E-state index contributed by atoms with van der Waals surface area (Å²) < 4.78 is 45.0. The summed E-state index contributed by atoms with van der Waals surface area (Å²) in [5.41, 5.74) is 1.51. The van der Waals surface area contributed by atoms with Crippen LogP contribution in [-0.4, -0.2) is 35.5 Å². The maximum atomic E-state index is 12.3. The Morgan fingerprint density at radius 3 is 2.34 bits per heavy atom. The summed E-state index contributed by atoms with van der Waals surface area (Å²) in [5, 5.41) is 12.5. The van der Waals surface area contributed by atoms with Gasteiger partial charge in [0.15, 0.2) is 0 Å². The van der Waals surface area contributed by atoms with E-state index in [-0.39, 0.29) is 11.5 Å². The quantitative estimate of drug-likeness (QED) is 0.478. The number of anilines is 1. The minimum absolute atomic E-state index is 0.185. The van der Waals surface area contributed by atoms with Gasteiger partial charge in [-0.15, -0.1) is 23.4 Å². The summed E-state index contributed by atoms with van der Waals surface area (Å²) in [4.78, 5) is 23.5. The third-order valence-electron chi connectivity index (χ3n) is 4.21. The van der Waals surface area contributed by atoms with Crippen molar-refractivity contribution in [2.45, 2.75) is 25.6 Å². The highest BCUT2D eigenvalue weighted by Gasteiger charge is 2.31. The number of hydrogen-bond donors (Lipinski definition) is 1. The number of halogens is 3. The molecule has 32 heavy (non-hydrogen) atoms. The van der Waals surface area contributed by atoms with Crippen molar-refractivity contribution in [1.29, 1.82) is 0 Å². The van der Waals surface area contributed by atoms with E-state index in [0.717, 1.165) is 22.7 Å². The lowest BCUT2D eigenvalue weighted by atomic mass is 10.2. The lowest BCUT2D eigenvalue weighted by Crippen LogP contribution is -2.17. The number of hydrogen-bond acceptors (Lipinski definition) is 7. The molecule has 0 fully saturated rings. The third kappa shape index (κ3) is 6.77. The minimum Gasteiger partial charge on any atom is -0.469 e. The average molecular weight is 465 g/mol. The molecular formula is C21H18F3N3O4S. The van der Waals surface area contributed by atoms with Crippen molar-refractivity contribution in [3.05, 3.63) is 59.1 Å². The highest BCUT2D eigenvalue weighted by atomic mass is 32.1. The first-order valence-corrected chi connectivity index (χ1v) is 10.2. The zero-order valence-corrected chi connectivity index (χ0v) is 17.6. The number of benzene rings is 2. The number of esters is 1. The summed E-state index contributed by atoms with van der Waals surface area (Å²) in [7, 11) is 1.35. The van der Waals surface area contributed by atoms with E-state index in [1.54, 1.807) is 24.3 Å². The van der Waals surface area contributed by atoms with Crippen molar-refractivity contribution in [2.24, 2.45) is 0 Å². The molecule has 1 amide bonds. The molecule has 11 heteroatoms. The van der Waals surface area contributed by atoms with Gasteiger partial charge in [-0.25, -0.2) is 0 Å². The highest BCUT2D eigenvalue weighted by Crippen LogP contribution is 2.26. The van der Waals surface area contributed by atoms with Crippen LogP contribution in [-0.2, 0) is 16.0 Å². The number of alkyl halides is 3. The van der Waals surface area contributed by atoms with E-state index >= 15 is 0 Å². The number of carbonyl (C=O) groups is 2. The molecule has 1 N–H and O–H groups in total. The standard InChI is InChI=1S/C21H18F3N3O4S/c1-30-18(28)4-2-3-17-26-27-20(32-17)14-5-9-15(10-6-14)25-19(29)13-7-11-16(12-8-13)31-21(22,23)24/h5-12H,2-4H2,1H3,(H,25,29). The van der Waals surface area contributed by atoms with Gasteiger partial charge < -0.3 is 14.8 Å². The zero-order chi connectivity index (χ0) is 23.1. The fourth-order valence-electron chi connectivity index (χ4n) is 2.66. The Bertz CT molecular complexity index is 1070. The van der Waals surface area contributed by atoms with Gasteiger partial charge in [0.2, 0.25) is 0 Å². The molecular weight excluding hydrogens is 447 g/mol. The van der Waals surface area contributed by atoms with Crippen LogP contribution < -0.4 is 10.1 Å². The van der Waals surface area contributed by atoms with Crippen LogP contribution in [0.15, 0.2) is 48.5 Å². The molecule has 0 aliphatic carbocycles. The Balaban J connectivity index is 1.56. The highest BCUT2D eigenvalue weighted by molar-refractivity contribution is 7.14. The first kappa shape index (κ1) is 23.2. The number of aryl methyl sites for hydroxylation is 1. The lowest BCUT2D eigenvalue weighted by Gasteiger charge is -2.09. The van der Waals surface area contributed by atoms with E-state index in [9.17, 15) is 22.8 Å². The second kappa shape index (κ2) is 10.2. The number of ether oxygens (including phenoxy) is 2. The van der Waals surface area contributed by atoms with Crippen LogP contribution in [0.4, 0.5) is 18.9 Å². The Hall–Kier alpha value is -3.47. The van der Waals surface area contributed by atoms with Crippen LogP contribution in [0.1, 0.15) is 28.2 Å². The number of rotatable bonds is 8. The average Bonchev–Trinajstić information content (AvgIpc) is 3.22. The number of aromatic nitrogens is 2. The monoisotopic (exact) mass is 465 g/mol. The molecule has 0 saturated carbocycles. The molecule has 0 saturated heterocycles. The number of nitrogens with one attached hydrogen (secondary N) is 1. The number of carbonyl (C=O) groups excluding carboxylic acids is 2. The topological polar surface area (TPSA) is 90.4 Å². The lowest BCUT2D eigenvalue weighted by molar-refractivity contribution is -0.274. The predicted molar refractivity (Wildman–Crippen MR) is 111 cm³/mol. The Morgan fingerprint density at radius 2 is 1.72 bits per heavy atom. The van der Waals surface area contributed by atoms with Crippen LogP contribution in [0.3, 0.4) is 0 Å². The minimum atomic E-state index is -4.79. The zero-order valence-electron chi connectivity index (χ0n) is 16.8. The molecule has 0 unspecified atom stereocenters. The van der Waals surface area contributed by atoms with Crippen molar-refractivity contribution in [1.82, 2.24) is 10.2 Å². The number of amides is 1. The molecule has 3 aromatic rings. The second-order valence-corrected chi connectivity index (χ2v) is 7.60. The third-order valence-corrected chi connectivity index (χ3v) is 5.24. The summed E-state index contributed by atoms with van der Waals surface area (Å²) in [6.07, 6.45) is -3.23. The van der Waals surface area contributed by atoms with E-state index in [0.29, 0.717) is 30.0 Å². The Morgan fingerprint density at radius 1 is 1.03 bits per heavy atom. The first-order valence-electron chi connectivity index (χ1n) is 9.40. The SMILES string of the molecule is COC(=O)CCCc1nnc(-c2ccc(NC(=O)c3ccc(OC(F)(F)F)cc3)cc2)s1. The molecule has 0 aliphatic heterocycles. The molecule has 0 aliphatic rings. The maximum Gasteiger partial charge on any atom is 0.573 e.